The molecule has 0 bridgehead atoms. The third-order valence-electron chi connectivity index (χ3n) is 3.83. The molecule has 7 nitrogen and oxygen atoms in total. The number of benzene rings is 1. The maximum absolute atomic E-state index is 12.3. The zero-order valence-electron chi connectivity index (χ0n) is 16.2. The standard InChI is InChI=1S/C20H24N4O3S/c1-4-21-18(26)13-23(5-2)19(27)12-11-16-14-28-20(22-16)24(15(3)25)17-9-7-6-8-10-17/h6-12,14H,4-5,13H2,1-3H3,(H,21,26)/b12-11+. The van der Waals surface area contributed by atoms with E-state index in [0.717, 1.165) is 5.69 Å². The van der Waals surface area contributed by atoms with E-state index in [0.29, 0.717) is 23.9 Å². The number of carbonyl (C=O) groups excluding carboxylic acids is 3. The molecule has 28 heavy (non-hydrogen) atoms. The van der Waals surface area contributed by atoms with Crippen molar-refractivity contribution < 1.29 is 14.4 Å². The van der Waals surface area contributed by atoms with Crippen LogP contribution < -0.4 is 10.2 Å². The molecule has 1 heterocycles. The molecule has 0 radical (unpaired) electrons. The first-order chi connectivity index (χ1) is 13.5. The number of rotatable bonds is 8. The highest BCUT2D eigenvalue weighted by molar-refractivity contribution is 7.14. The molecule has 0 aliphatic heterocycles. The number of aromatic nitrogens is 1. The van der Waals surface area contributed by atoms with Gasteiger partial charge in [-0.1, -0.05) is 18.2 Å². The lowest BCUT2D eigenvalue weighted by atomic mass is 10.3. The molecule has 1 aromatic heterocycles. The van der Waals surface area contributed by atoms with Crippen LogP contribution in [0.2, 0.25) is 0 Å². The van der Waals surface area contributed by atoms with Crippen molar-refractivity contribution in [3.63, 3.8) is 0 Å². The van der Waals surface area contributed by atoms with Gasteiger partial charge in [-0.15, -0.1) is 11.3 Å². The Labute approximate surface area is 168 Å². The normalized spacial score (nSPS) is 10.7. The van der Waals surface area contributed by atoms with Crippen LogP contribution in [0.4, 0.5) is 10.8 Å². The number of carbonyl (C=O) groups is 3. The van der Waals surface area contributed by atoms with Gasteiger partial charge in [-0.2, -0.15) is 0 Å². The maximum Gasteiger partial charge on any atom is 0.247 e. The summed E-state index contributed by atoms with van der Waals surface area (Å²) in [5, 5.41) is 4.98. The van der Waals surface area contributed by atoms with E-state index in [1.54, 1.807) is 11.5 Å². The lowest BCUT2D eigenvalue weighted by molar-refractivity contribution is -0.132. The smallest absolute Gasteiger partial charge is 0.247 e. The van der Waals surface area contributed by atoms with E-state index in [4.69, 9.17) is 0 Å². The van der Waals surface area contributed by atoms with E-state index >= 15 is 0 Å². The largest absolute Gasteiger partial charge is 0.355 e. The summed E-state index contributed by atoms with van der Waals surface area (Å²) in [5.41, 5.74) is 1.31. The number of anilines is 2. The van der Waals surface area contributed by atoms with Gasteiger partial charge in [-0.25, -0.2) is 4.98 Å². The molecule has 2 rings (SSSR count). The molecule has 1 aromatic carbocycles. The molecule has 0 atom stereocenters. The van der Waals surface area contributed by atoms with Crippen LogP contribution in [0.1, 0.15) is 26.5 Å². The Balaban J connectivity index is 2.11. The molecule has 0 fully saturated rings. The van der Waals surface area contributed by atoms with Gasteiger partial charge >= 0.3 is 0 Å². The van der Waals surface area contributed by atoms with Crippen LogP contribution in [-0.2, 0) is 14.4 Å². The first-order valence-corrected chi connectivity index (χ1v) is 9.89. The fourth-order valence-corrected chi connectivity index (χ4v) is 3.35. The summed E-state index contributed by atoms with van der Waals surface area (Å²) in [5.74, 6) is -0.608. The van der Waals surface area contributed by atoms with Crippen molar-refractivity contribution in [3.05, 3.63) is 47.5 Å². The van der Waals surface area contributed by atoms with E-state index < -0.39 is 0 Å². The van der Waals surface area contributed by atoms with Crippen LogP contribution in [0.3, 0.4) is 0 Å². The number of hydrogen-bond acceptors (Lipinski definition) is 5. The first kappa shape index (κ1) is 21.3. The van der Waals surface area contributed by atoms with E-state index in [1.165, 1.54) is 34.1 Å². The number of amides is 3. The Morgan fingerprint density at radius 3 is 2.50 bits per heavy atom. The zero-order chi connectivity index (χ0) is 20.5. The van der Waals surface area contributed by atoms with Crippen LogP contribution in [0.25, 0.3) is 6.08 Å². The van der Waals surface area contributed by atoms with Gasteiger partial charge < -0.3 is 10.2 Å². The molecule has 8 heteroatoms. The highest BCUT2D eigenvalue weighted by atomic mass is 32.1. The van der Waals surface area contributed by atoms with E-state index in [2.05, 4.69) is 10.3 Å². The number of nitrogens with one attached hydrogen (secondary N) is 1. The SMILES string of the molecule is CCNC(=O)CN(CC)C(=O)/C=C/c1csc(N(C(C)=O)c2ccccc2)n1. The minimum absolute atomic E-state index is 0.0158. The summed E-state index contributed by atoms with van der Waals surface area (Å²) in [7, 11) is 0. The molecule has 2 aromatic rings. The summed E-state index contributed by atoms with van der Waals surface area (Å²) >= 11 is 1.32. The highest BCUT2D eigenvalue weighted by Gasteiger charge is 2.17. The number of thiazole rings is 1. The van der Waals surface area contributed by atoms with Crippen molar-refractivity contribution in [2.24, 2.45) is 0 Å². The summed E-state index contributed by atoms with van der Waals surface area (Å²) in [6, 6.07) is 9.26. The van der Waals surface area contributed by atoms with E-state index in [-0.39, 0.29) is 24.3 Å². The molecule has 1 N–H and O–H groups in total. The predicted molar refractivity (Wildman–Crippen MR) is 111 cm³/mol. The monoisotopic (exact) mass is 400 g/mol. The lowest BCUT2D eigenvalue weighted by Crippen LogP contribution is -2.39. The maximum atomic E-state index is 12.3. The molecule has 0 saturated carbocycles. The van der Waals surface area contributed by atoms with Crippen molar-refractivity contribution in [3.8, 4) is 0 Å². The van der Waals surface area contributed by atoms with Crippen molar-refractivity contribution in [2.45, 2.75) is 20.8 Å². The third kappa shape index (κ3) is 5.75. The van der Waals surface area contributed by atoms with Crippen molar-refractivity contribution in [2.75, 3.05) is 24.5 Å². The molecule has 0 aliphatic carbocycles. The van der Waals surface area contributed by atoms with Gasteiger partial charge in [0.05, 0.1) is 17.9 Å². The first-order valence-electron chi connectivity index (χ1n) is 9.01. The fourth-order valence-electron chi connectivity index (χ4n) is 2.49. The second-order valence-corrected chi connectivity index (χ2v) is 6.72. The highest BCUT2D eigenvalue weighted by Crippen LogP contribution is 2.28. The third-order valence-corrected chi connectivity index (χ3v) is 4.67. The Morgan fingerprint density at radius 1 is 1.18 bits per heavy atom. The quantitative estimate of drug-likeness (QED) is 0.691. The number of para-hydroxylation sites is 1. The Hall–Kier alpha value is -3.00. The second kappa shape index (κ2) is 10.4. The number of hydrogen-bond donors (Lipinski definition) is 1. The Kier molecular flexibility index (Phi) is 7.88. The molecule has 0 unspecified atom stereocenters. The minimum atomic E-state index is -0.269. The fraction of sp³-hybridized carbons (Fsp3) is 0.300. The van der Waals surface area contributed by atoms with Gasteiger partial charge in [0.25, 0.3) is 0 Å². The second-order valence-electron chi connectivity index (χ2n) is 5.88. The molecule has 0 aliphatic rings. The van der Waals surface area contributed by atoms with E-state index in [1.807, 2.05) is 44.2 Å². The van der Waals surface area contributed by atoms with Crippen molar-refractivity contribution >= 4 is 46.0 Å². The van der Waals surface area contributed by atoms with Crippen molar-refractivity contribution in [1.82, 2.24) is 15.2 Å². The van der Waals surface area contributed by atoms with Gasteiger partial charge in [-0.3, -0.25) is 19.3 Å². The minimum Gasteiger partial charge on any atom is -0.355 e. The summed E-state index contributed by atoms with van der Waals surface area (Å²) in [6.07, 6.45) is 2.98. The topological polar surface area (TPSA) is 82.6 Å². The molecule has 0 saturated heterocycles. The van der Waals surface area contributed by atoms with Gasteiger partial charge in [0.1, 0.15) is 0 Å². The van der Waals surface area contributed by atoms with Crippen LogP contribution >= 0.6 is 11.3 Å². The van der Waals surface area contributed by atoms with Crippen molar-refractivity contribution in [1.29, 1.82) is 0 Å². The van der Waals surface area contributed by atoms with Gasteiger partial charge in [0.15, 0.2) is 5.13 Å². The molecule has 0 spiro atoms. The number of nitrogens with zero attached hydrogens (tertiary/aromatic N) is 3. The molecule has 3 amide bonds. The zero-order valence-corrected chi connectivity index (χ0v) is 17.0. The summed E-state index contributed by atoms with van der Waals surface area (Å²) in [6.45, 7) is 6.09. The van der Waals surface area contributed by atoms with Crippen LogP contribution in [0.15, 0.2) is 41.8 Å². The van der Waals surface area contributed by atoms with Crippen LogP contribution in [0, 0.1) is 0 Å². The van der Waals surface area contributed by atoms with Crippen LogP contribution in [-0.4, -0.2) is 47.2 Å². The molecular weight excluding hydrogens is 376 g/mol. The average Bonchev–Trinajstić information content (AvgIpc) is 3.13. The average molecular weight is 401 g/mol. The van der Waals surface area contributed by atoms with Gasteiger partial charge in [-0.05, 0) is 32.1 Å². The Bertz CT molecular complexity index is 848. The molecule has 148 valence electrons. The molecular formula is C20H24N4O3S. The summed E-state index contributed by atoms with van der Waals surface area (Å²) < 4.78 is 0. The van der Waals surface area contributed by atoms with Gasteiger partial charge in [0, 0.05) is 31.5 Å². The van der Waals surface area contributed by atoms with E-state index in [9.17, 15) is 14.4 Å². The summed E-state index contributed by atoms with van der Waals surface area (Å²) in [4.78, 5) is 43.5. The predicted octanol–water partition coefficient (Wildman–Crippen LogP) is 2.83. The Morgan fingerprint density at radius 2 is 1.89 bits per heavy atom. The van der Waals surface area contributed by atoms with Gasteiger partial charge in [0.2, 0.25) is 17.7 Å². The lowest BCUT2D eigenvalue weighted by Gasteiger charge is -2.18. The number of likely N-dealkylation sites (N-methyl/N-ethyl adjacent to an activating group) is 2. The van der Waals surface area contributed by atoms with Crippen LogP contribution in [0.5, 0.6) is 0 Å².